The van der Waals surface area contributed by atoms with Crippen molar-refractivity contribution >= 4 is 5.97 Å². The van der Waals surface area contributed by atoms with Gasteiger partial charge in [0.15, 0.2) is 0 Å². The zero-order chi connectivity index (χ0) is 18.4. The van der Waals surface area contributed by atoms with Crippen LogP contribution >= 0.6 is 0 Å². The van der Waals surface area contributed by atoms with E-state index in [1.807, 2.05) is 0 Å². The lowest BCUT2D eigenvalue weighted by Gasteiger charge is -2.39. The Balaban J connectivity index is 2.00. The van der Waals surface area contributed by atoms with Crippen molar-refractivity contribution in [3.63, 3.8) is 0 Å². The number of carbonyl (C=O) groups excluding carboxylic acids is 1. The molecule has 142 valence electrons. The van der Waals surface area contributed by atoms with Gasteiger partial charge in [-0.2, -0.15) is 13.2 Å². The van der Waals surface area contributed by atoms with E-state index >= 15 is 0 Å². The lowest BCUT2D eigenvalue weighted by molar-refractivity contribution is -0.144. The summed E-state index contributed by atoms with van der Waals surface area (Å²) in [5.74, 6) is 0.0838. The second kappa shape index (κ2) is 8.88. The molecule has 0 bridgehead atoms. The minimum absolute atomic E-state index is 0.0375. The molecule has 2 rings (SSSR count). The van der Waals surface area contributed by atoms with E-state index in [4.69, 9.17) is 4.74 Å². The number of halogens is 3. The van der Waals surface area contributed by atoms with E-state index in [0.29, 0.717) is 25.5 Å². The Morgan fingerprint density at radius 2 is 2.08 bits per heavy atom. The average molecular weight is 359 g/mol. The Kier molecular flexibility index (Phi) is 7.11. The van der Waals surface area contributed by atoms with Gasteiger partial charge in [-0.1, -0.05) is 31.6 Å². The van der Waals surface area contributed by atoms with Gasteiger partial charge in [-0.15, -0.1) is 0 Å². The lowest BCUT2D eigenvalue weighted by atomic mass is 9.77. The Labute approximate surface area is 147 Å². The molecule has 25 heavy (non-hydrogen) atoms. The van der Waals surface area contributed by atoms with Gasteiger partial charge in [-0.05, 0) is 44.4 Å². The predicted octanol–water partition coefficient (Wildman–Crippen LogP) is 4.54. The lowest BCUT2D eigenvalue weighted by Crippen LogP contribution is -2.49. The summed E-state index contributed by atoms with van der Waals surface area (Å²) in [6, 6.07) is 0.413. The summed E-state index contributed by atoms with van der Waals surface area (Å²) in [6.07, 6.45) is 4.42. The molecule has 1 heterocycles. The number of nitrogens with one attached hydrogen (secondary N) is 1. The number of carbonyl (C=O) groups is 1. The van der Waals surface area contributed by atoms with Gasteiger partial charge in [0.05, 0.1) is 12.2 Å². The first-order valence-corrected chi connectivity index (χ1v) is 9.20. The molecular weight excluding hydrogens is 331 g/mol. The summed E-state index contributed by atoms with van der Waals surface area (Å²) < 4.78 is 43.4. The van der Waals surface area contributed by atoms with Crippen LogP contribution in [0.3, 0.4) is 0 Å². The summed E-state index contributed by atoms with van der Waals surface area (Å²) in [5, 5.41) is 3.60. The molecule has 1 fully saturated rings. The zero-order valence-electron chi connectivity index (χ0n) is 14.9. The van der Waals surface area contributed by atoms with Gasteiger partial charge in [0.25, 0.3) is 0 Å². The largest absolute Gasteiger partial charge is 0.466 e. The third-order valence-electron chi connectivity index (χ3n) is 5.03. The number of hydrogen-bond acceptors (Lipinski definition) is 3. The van der Waals surface area contributed by atoms with Crippen molar-refractivity contribution in [2.45, 2.75) is 70.6 Å². The molecule has 1 unspecified atom stereocenters. The molecule has 1 saturated heterocycles. The molecule has 1 N–H and O–H groups in total. The number of esters is 1. The summed E-state index contributed by atoms with van der Waals surface area (Å²) in [7, 11) is 0. The highest BCUT2D eigenvalue weighted by molar-refractivity contribution is 5.69. The molecular formula is C19H28F3NO2. The van der Waals surface area contributed by atoms with Crippen LogP contribution < -0.4 is 5.32 Å². The molecule has 0 amide bonds. The third kappa shape index (κ3) is 5.87. The molecule has 0 aromatic carbocycles. The minimum Gasteiger partial charge on any atom is -0.466 e. The Bertz CT molecular complexity index is 513. The van der Waals surface area contributed by atoms with Crippen LogP contribution in [-0.2, 0) is 9.53 Å². The maximum atomic E-state index is 12.8. The van der Waals surface area contributed by atoms with Gasteiger partial charge in [0.2, 0.25) is 0 Å². The van der Waals surface area contributed by atoms with Gasteiger partial charge in [0, 0.05) is 18.5 Å². The molecule has 0 aromatic rings. The standard InChI is InChI=1S/C19H28F3NO2/c1-3-5-16-10-13(12-18(24)25-4-2)11-17(23-16)14-6-8-15(9-7-14)19(20,21)22/h6,8-9,13-14,16-17,23H,3-5,7,10-12H2,1-2H3/t13-,14?,16-,17+/m0/s1. The normalized spacial score (nSPS) is 30.0. The van der Waals surface area contributed by atoms with Crippen LogP contribution in [-0.4, -0.2) is 30.8 Å². The second-order valence-corrected chi connectivity index (χ2v) is 7.02. The van der Waals surface area contributed by atoms with E-state index in [1.54, 1.807) is 13.0 Å². The van der Waals surface area contributed by atoms with Crippen LogP contribution in [0, 0.1) is 11.8 Å². The first kappa shape index (κ1) is 20.0. The van der Waals surface area contributed by atoms with E-state index in [9.17, 15) is 18.0 Å². The van der Waals surface area contributed by atoms with Crippen molar-refractivity contribution < 1.29 is 22.7 Å². The van der Waals surface area contributed by atoms with Crippen LogP contribution in [0.4, 0.5) is 13.2 Å². The predicted molar refractivity (Wildman–Crippen MR) is 91.0 cm³/mol. The molecule has 2 aliphatic rings. The van der Waals surface area contributed by atoms with Crippen LogP contribution in [0.5, 0.6) is 0 Å². The van der Waals surface area contributed by atoms with Gasteiger partial charge in [0.1, 0.15) is 0 Å². The molecule has 0 aromatic heterocycles. The number of ether oxygens (including phenoxy) is 1. The van der Waals surface area contributed by atoms with Crippen molar-refractivity contribution in [3.8, 4) is 0 Å². The molecule has 0 radical (unpaired) electrons. The van der Waals surface area contributed by atoms with Crippen molar-refractivity contribution in [2.24, 2.45) is 11.8 Å². The number of alkyl halides is 3. The van der Waals surface area contributed by atoms with Crippen molar-refractivity contribution in [1.29, 1.82) is 0 Å². The second-order valence-electron chi connectivity index (χ2n) is 7.02. The SMILES string of the molecule is CCC[C@H]1C[C@H](CC(=O)OCC)C[C@H](C2C=CC(C(F)(F)F)=CC2)N1. The van der Waals surface area contributed by atoms with E-state index in [0.717, 1.165) is 25.7 Å². The third-order valence-corrected chi connectivity index (χ3v) is 5.03. The first-order chi connectivity index (χ1) is 11.8. The van der Waals surface area contributed by atoms with Gasteiger partial charge in [-0.3, -0.25) is 4.79 Å². The maximum Gasteiger partial charge on any atom is 0.416 e. The zero-order valence-corrected chi connectivity index (χ0v) is 14.9. The molecule has 1 aliphatic carbocycles. The van der Waals surface area contributed by atoms with Gasteiger partial charge >= 0.3 is 12.1 Å². The molecule has 0 saturated carbocycles. The number of piperidine rings is 1. The Hall–Kier alpha value is -1.30. The highest BCUT2D eigenvalue weighted by Crippen LogP contribution is 2.35. The summed E-state index contributed by atoms with van der Waals surface area (Å²) >= 11 is 0. The van der Waals surface area contributed by atoms with Crippen LogP contribution in [0.25, 0.3) is 0 Å². The average Bonchev–Trinajstić information content (AvgIpc) is 2.54. The molecule has 3 nitrogen and oxygen atoms in total. The monoisotopic (exact) mass is 359 g/mol. The quantitative estimate of drug-likeness (QED) is 0.708. The Morgan fingerprint density at radius 1 is 1.32 bits per heavy atom. The Morgan fingerprint density at radius 3 is 2.64 bits per heavy atom. The van der Waals surface area contributed by atoms with E-state index in [1.165, 1.54) is 12.2 Å². The molecule has 4 atom stereocenters. The van der Waals surface area contributed by atoms with Crippen LogP contribution in [0.15, 0.2) is 23.8 Å². The summed E-state index contributed by atoms with van der Waals surface area (Å²) in [6.45, 7) is 4.28. The fourth-order valence-electron chi connectivity index (χ4n) is 3.91. The minimum atomic E-state index is -4.28. The number of hydrogen-bond donors (Lipinski definition) is 1. The smallest absolute Gasteiger partial charge is 0.416 e. The van der Waals surface area contributed by atoms with Crippen LogP contribution in [0.2, 0.25) is 0 Å². The van der Waals surface area contributed by atoms with Crippen molar-refractivity contribution in [1.82, 2.24) is 5.32 Å². The molecule has 6 heteroatoms. The molecule has 0 spiro atoms. The van der Waals surface area contributed by atoms with E-state index in [2.05, 4.69) is 12.2 Å². The highest BCUT2D eigenvalue weighted by atomic mass is 19.4. The topological polar surface area (TPSA) is 38.3 Å². The van der Waals surface area contributed by atoms with E-state index < -0.39 is 11.7 Å². The highest BCUT2D eigenvalue weighted by Gasteiger charge is 2.36. The summed E-state index contributed by atoms with van der Waals surface area (Å²) in [5.41, 5.74) is -0.562. The first-order valence-electron chi connectivity index (χ1n) is 9.20. The fraction of sp³-hybridized carbons (Fsp3) is 0.737. The molecule has 1 aliphatic heterocycles. The maximum absolute atomic E-state index is 12.8. The number of rotatable bonds is 6. The van der Waals surface area contributed by atoms with E-state index in [-0.39, 0.29) is 23.8 Å². The van der Waals surface area contributed by atoms with Crippen molar-refractivity contribution in [2.75, 3.05) is 6.61 Å². The number of allylic oxidation sites excluding steroid dienone is 3. The van der Waals surface area contributed by atoms with Gasteiger partial charge < -0.3 is 10.1 Å². The van der Waals surface area contributed by atoms with Crippen LogP contribution in [0.1, 0.15) is 52.4 Å². The summed E-state index contributed by atoms with van der Waals surface area (Å²) in [4.78, 5) is 11.8. The van der Waals surface area contributed by atoms with Gasteiger partial charge in [-0.25, -0.2) is 0 Å². The fourth-order valence-corrected chi connectivity index (χ4v) is 3.91. The van der Waals surface area contributed by atoms with Crippen molar-refractivity contribution in [3.05, 3.63) is 23.8 Å².